The highest BCUT2D eigenvalue weighted by atomic mass is 16.5. The SMILES string of the molecule is CC(=O)c1cc2c(c(C)c1O)OC(C)(C)CC2. The van der Waals surface area contributed by atoms with Crippen LogP contribution in [0.5, 0.6) is 11.5 Å². The third-order valence-corrected chi connectivity index (χ3v) is 3.32. The molecule has 0 aliphatic carbocycles. The van der Waals surface area contributed by atoms with Crippen molar-refractivity contribution in [3.05, 3.63) is 22.8 Å². The van der Waals surface area contributed by atoms with E-state index in [-0.39, 0.29) is 17.1 Å². The molecule has 3 nitrogen and oxygen atoms in total. The Morgan fingerprint density at radius 2 is 2.12 bits per heavy atom. The second kappa shape index (κ2) is 3.76. The van der Waals surface area contributed by atoms with Gasteiger partial charge in [0.25, 0.3) is 0 Å². The molecule has 0 unspecified atom stereocenters. The first-order chi connectivity index (χ1) is 7.82. The summed E-state index contributed by atoms with van der Waals surface area (Å²) in [7, 11) is 0. The lowest BCUT2D eigenvalue weighted by Crippen LogP contribution is -2.33. The van der Waals surface area contributed by atoms with Gasteiger partial charge in [-0.25, -0.2) is 0 Å². The van der Waals surface area contributed by atoms with E-state index < -0.39 is 0 Å². The molecule has 1 aliphatic rings. The minimum Gasteiger partial charge on any atom is -0.507 e. The largest absolute Gasteiger partial charge is 0.507 e. The van der Waals surface area contributed by atoms with Gasteiger partial charge < -0.3 is 9.84 Å². The van der Waals surface area contributed by atoms with Gasteiger partial charge in [0.05, 0.1) is 5.56 Å². The lowest BCUT2D eigenvalue weighted by molar-refractivity contribution is 0.0831. The van der Waals surface area contributed by atoms with Crippen molar-refractivity contribution in [1.82, 2.24) is 0 Å². The molecule has 0 bridgehead atoms. The van der Waals surface area contributed by atoms with Gasteiger partial charge in [-0.05, 0) is 52.2 Å². The molecule has 1 aromatic rings. The topological polar surface area (TPSA) is 46.5 Å². The summed E-state index contributed by atoms with van der Waals surface area (Å²) in [4.78, 5) is 11.4. The lowest BCUT2D eigenvalue weighted by atomic mass is 9.90. The summed E-state index contributed by atoms with van der Waals surface area (Å²) >= 11 is 0. The molecule has 0 spiro atoms. The number of hydrogen-bond donors (Lipinski definition) is 1. The molecule has 1 aliphatic heterocycles. The number of Topliss-reactive ketones (excluding diaryl/α,β-unsaturated/α-hetero) is 1. The molecule has 1 aromatic carbocycles. The summed E-state index contributed by atoms with van der Waals surface area (Å²) in [6.07, 6.45) is 1.80. The van der Waals surface area contributed by atoms with Crippen molar-refractivity contribution in [2.75, 3.05) is 0 Å². The Bertz CT molecular complexity index is 487. The first kappa shape index (κ1) is 12.0. The molecule has 0 saturated carbocycles. The van der Waals surface area contributed by atoms with E-state index in [4.69, 9.17) is 4.74 Å². The van der Waals surface area contributed by atoms with E-state index in [1.54, 1.807) is 13.0 Å². The Morgan fingerprint density at radius 3 is 2.71 bits per heavy atom. The van der Waals surface area contributed by atoms with Gasteiger partial charge in [-0.15, -0.1) is 0 Å². The second-order valence-corrected chi connectivity index (χ2v) is 5.30. The molecule has 1 heterocycles. The van der Waals surface area contributed by atoms with E-state index in [9.17, 15) is 9.90 Å². The van der Waals surface area contributed by atoms with Crippen molar-refractivity contribution in [2.24, 2.45) is 0 Å². The van der Waals surface area contributed by atoms with Crippen molar-refractivity contribution in [2.45, 2.75) is 46.1 Å². The highest BCUT2D eigenvalue weighted by Gasteiger charge is 2.30. The van der Waals surface area contributed by atoms with Crippen LogP contribution in [0.3, 0.4) is 0 Å². The van der Waals surface area contributed by atoms with Gasteiger partial charge in [0.2, 0.25) is 0 Å². The second-order valence-electron chi connectivity index (χ2n) is 5.30. The zero-order valence-corrected chi connectivity index (χ0v) is 10.8. The van der Waals surface area contributed by atoms with E-state index in [1.807, 2.05) is 13.8 Å². The third-order valence-electron chi connectivity index (χ3n) is 3.32. The molecule has 0 radical (unpaired) electrons. The van der Waals surface area contributed by atoms with Crippen LogP contribution in [0.25, 0.3) is 0 Å². The van der Waals surface area contributed by atoms with Crippen LogP contribution in [0.1, 0.15) is 48.7 Å². The Kier molecular flexibility index (Phi) is 2.64. The maximum atomic E-state index is 11.4. The van der Waals surface area contributed by atoms with Crippen LogP contribution in [0.2, 0.25) is 0 Å². The molecular formula is C14H18O3. The summed E-state index contributed by atoms with van der Waals surface area (Å²) < 4.78 is 5.89. The molecule has 0 atom stereocenters. The number of ketones is 1. The van der Waals surface area contributed by atoms with E-state index in [0.29, 0.717) is 11.1 Å². The van der Waals surface area contributed by atoms with Gasteiger partial charge in [-0.2, -0.15) is 0 Å². The Hall–Kier alpha value is -1.51. The van der Waals surface area contributed by atoms with Crippen LogP contribution >= 0.6 is 0 Å². The lowest BCUT2D eigenvalue weighted by Gasteiger charge is -2.34. The Labute approximate surface area is 101 Å². The fourth-order valence-electron chi connectivity index (χ4n) is 2.22. The minimum absolute atomic E-state index is 0.0500. The van der Waals surface area contributed by atoms with Crippen molar-refractivity contribution in [1.29, 1.82) is 0 Å². The highest BCUT2D eigenvalue weighted by molar-refractivity contribution is 5.97. The summed E-state index contributed by atoms with van der Waals surface area (Å²) in [5.74, 6) is 0.677. The molecule has 17 heavy (non-hydrogen) atoms. The molecular weight excluding hydrogens is 216 g/mol. The fourth-order valence-corrected chi connectivity index (χ4v) is 2.22. The highest BCUT2D eigenvalue weighted by Crippen LogP contribution is 2.41. The van der Waals surface area contributed by atoms with Gasteiger partial charge in [-0.3, -0.25) is 4.79 Å². The summed E-state index contributed by atoms with van der Waals surface area (Å²) in [5, 5.41) is 9.99. The Morgan fingerprint density at radius 1 is 1.47 bits per heavy atom. The first-order valence-electron chi connectivity index (χ1n) is 5.87. The van der Waals surface area contributed by atoms with Crippen molar-refractivity contribution >= 4 is 5.78 Å². The van der Waals surface area contributed by atoms with Gasteiger partial charge in [0.1, 0.15) is 17.1 Å². The van der Waals surface area contributed by atoms with E-state index in [2.05, 4.69) is 0 Å². The number of aromatic hydroxyl groups is 1. The van der Waals surface area contributed by atoms with E-state index in [1.165, 1.54) is 6.92 Å². The maximum Gasteiger partial charge on any atom is 0.163 e. The predicted molar refractivity (Wildman–Crippen MR) is 65.9 cm³/mol. The number of fused-ring (bicyclic) bond motifs is 1. The number of carbonyl (C=O) groups excluding carboxylic acids is 1. The van der Waals surface area contributed by atoms with Crippen molar-refractivity contribution in [3.63, 3.8) is 0 Å². The summed E-state index contributed by atoms with van der Waals surface area (Å²) in [6.45, 7) is 7.33. The number of ether oxygens (including phenoxy) is 1. The van der Waals surface area contributed by atoms with Crippen LogP contribution in [-0.2, 0) is 6.42 Å². The average molecular weight is 234 g/mol. The molecule has 0 aromatic heterocycles. The molecule has 2 rings (SSSR count). The van der Waals surface area contributed by atoms with Crippen LogP contribution in [0, 0.1) is 6.92 Å². The van der Waals surface area contributed by atoms with E-state index >= 15 is 0 Å². The Balaban J connectivity index is 2.59. The van der Waals surface area contributed by atoms with Crippen molar-refractivity contribution < 1.29 is 14.6 Å². The van der Waals surface area contributed by atoms with Crippen LogP contribution in [-0.4, -0.2) is 16.5 Å². The van der Waals surface area contributed by atoms with Gasteiger partial charge in [0.15, 0.2) is 5.78 Å². The van der Waals surface area contributed by atoms with Gasteiger partial charge in [0, 0.05) is 5.56 Å². The number of hydrogen-bond acceptors (Lipinski definition) is 3. The fraction of sp³-hybridized carbons (Fsp3) is 0.500. The zero-order valence-electron chi connectivity index (χ0n) is 10.8. The molecule has 1 N–H and O–H groups in total. The standard InChI is InChI=1S/C14H18O3/c1-8-12(16)11(9(2)15)7-10-5-6-14(3,4)17-13(8)10/h7,16H,5-6H2,1-4H3. The van der Waals surface area contributed by atoms with Crippen LogP contribution in [0.15, 0.2) is 6.07 Å². The number of carbonyl (C=O) groups is 1. The number of rotatable bonds is 1. The first-order valence-corrected chi connectivity index (χ1v) is 5.87. The predicted octanol–water partition coefficient (Wildman–Crippen LogP) is 3.01. The zero-order chi connectivity index (χ0) is 12.8. The molecule has 0 saturated heterocycles. The minimum atomic E-state index is -0.206. The number of phenols is 1. The monoisotopic (exact) mass is 234 g/mol. The number of phenolic OH excluding ortho intramolecular Hbond substituents is 1. The normalized spacial score (nSPS) is 17.2. The molecule has 0 amide bonds. The maximum absolute atomic E-state index is 11.4. The summed E-state index contributed by atoms with van der Waals surface area (Å²) in [5.41, 5.74) is 1.87. The van der Waals surface area contributed by atoms with Gasteiger partial charge in [-0.1, -0.05) is 0 Å². The molecule has 0 fully saturated rings. The van der Waals surface area contributed by atoms with Crippen molar-refractivity contribution in [3.8, 4) is 11.5 Å². The van der Waals surface area contributed by atoms with E-state index in [0.717, 1.165) is 24.2 Å². The van der Waals surface area contributed by atoms with Gasteiger partial charge >= 0.3 is 0 Å². The smallest absolute Gasteiger partial charge is 0.163 e. The quantitative estimate of drug-likeness (QED) is 0.760. The molecule has 3 heteroatoms. The van der Waals surface area contributed by atoms with Crippen LogP contribution in [0.4, 0.5) is 0 Å². The summed E-state index contributed by atoms with van der Waals surface area (Å²) in [6, 6.07) is 1.76. The number of benzene rings is 1. The average Bonchev–Trinajstić information content (AvgIpc) is 2.23. The van der Waals surface area contributed by atoms with Crippen LogP contribution < -0.4 is 4.74 Å². The molecule has 92 valence electrons. The third kappa shape index (κ3) is 2.02. The number of aryl methyl sites for hydroxylation is 1.